The minimum atomic E-state index is -0.0883. The van der Waals surface area contributed by atoms with Crippen LogP contribution in [0.15, 0.2) is 60.0 Å². The van der Waals surface area contributed by atoms with Gasteiger partial charge in [-0.25, -0.2) is 4.98 Å². The van der Waals surface area contributed by atoms with Crippen LogP contribution in [0.1, 0.15) is 28.0 Å². The van der Waals surface area contributed by atoms with Gasteiger partial charge in [0.15, 0.2) is 0 Å². The Morgan fingerprint density at radius 2 is 1.92 bits per heavy atom. The van der Waals surface area contributed by atoms with Gasteiger partial charge in [0.1, 0.15) is 10.8 Å². The van der Waals surface area contributed by atoms with Crippen molar-refractivity contribution in [2.75, 3.05) is 27.4 Å². The first-order valence-electron chi connectivity index (χ1n) is 11.8. The zero-order valence-corrected chi connectivity index (χ0v) is 22.3. The van der Waals surface area contributed by atoms with Gasteiger partial charge in [-0.15, -0.1) is 11.3 Å². The van der Waals surface area contributed by atoms with Crippen LogP contribution in [0.5, 0.6) is 5.75 Å². The molecule has 4 aromatic rings. The van der Waals surface area contributed by atoms with Gasteiger partial charge in [-0.2, -0.15) is 0 Å². The second-order valence-corrected chi connectivity index (χ2v) is 9.66. The molecule has 4 rings (SSSR count). The molecule has 2 heterocycles. The van der Waals surface area contributed by atoms with E-state index in [1.807, 2.05) is 54.8 Å². The number of carbonyl (C=O) groups is 1. The lowest BCUT2D eigenvalue weighted by molar-refractivity contribution is 0.0948. The monoisotopic (exact) mass is 523 g/mol. The van der Waals surface area contributed by atoms with Crippen LogP contribution in [0.2, 0.25) is 5.02 Å². The summed E-state index contributed by atoms with van der Waals surface area (Å²) in [4.78, 5) is 17.9. The fourth-order valence-corrected chi connectivity index (χ4v) is 5.21. The second-order valence-electron chi connectivity index (χ2n) is 8.40. The van der Waals surface area contributed by atoms with Crippen LogP contribution in [-0.4, -0.2) is 42.8 Å². The van der Waals surface area contributed by atoms with Crippen molar-refractivity contribution in [3.8, 4) is 27.7 Å². The molecule has 0 saturated carbocycles. The maximum atomic E-state index is 13.0. The molecule has 0 radical (unpaired) electrons. The molecule has 0 aliphatic heterocycles. The lowest BCUT2D eigenvalue weighted by Crippen LogP contribution is -2.25. The molecule has 0 atom stereocenters. The van der Waals surface area contributed by atoms with Crippen molar-refractivity contribution in [2.45, 2.75) is 26.3 Å². The van der Waals surface area contributed by atoms with Gasteiger partial charge in [-0.05, 0) is 49.6 Å². The Bertz CT molecular complexity index is 1310. The Morgan fingerprint density at radius 3 is 2.64 bits per heavy atom. The summed E-state index contributed by atoms with van der Waals surface area (Å²) in [7, 11) is 3.32. The molecule has 0 spiro atoms. The van der Waals surface area contributed by atoms with Gasteiger partial charge in [0, 0.05) is 43.4 Å². The van der Waals surface area contributed by atoms with Crippen LogP contribution in [0, 0.1) is 6.92 Å². The quantitative estimate of drug-likeness (QED) is 0.236. The topological polar surface area (TPSA) is 65.4 Å². The fourth-order valence-electron chi connectivity index (χ4n) is 4.07. The van der Waals surface area contributed by atoms with Gasteiger partial charge in [0.2, 0.25) is 0 Å². The number of thiazole rings is 1. The van der Waals surface area contributed by atoms with E-state index in [-0.39, 0.29) is 5.91 Å². The van der Waals surface area contributed by atoms with E-state index in [4.69, 9.17) is 26.1 Å². The van der Waals surface area contributed by atoms with Crippen molar-refractivity contribution < 1.29 is 14.3 Å². The van der Waals surface area contributed by atoms with Gasteiger partial charge in [0.05, 0.1) is 29.1 Å². The van der Waals surface area contributed by atoms with Crippen LogP contribution in [0.4, 0.5) is 0 Å². The Kier molecular flexibility index (Phi) is 8.80. The molecule has 6 nitrogen and oxygen atoms in total. The molecule has 0 fully saturated rings. The van der Waals surface area contributed by atoms with E-state index >= 15 is 0 Å². The van der Waals surface area contributed by atoms with Crippen molar-refractivity contribution in [2.24, 2.45) is 0 Å². The predicted molar refractivity (Wildman–Crippen MR) is 146 cm³/mol. The third kappa shape index (κ3) is 5.98. The average Bonchev–Trinajstić information content (AvgIpc) is 3.50. The number of hydrogen-bond donors (Lipinski definition) is 1. The minimum absolute atomic E-state index is 0.0883. The maximum Gasteiger partial charge on any atom is 0.253 e. The zero-order chi connectivity index (χ0) is 25.5. The lowest BCUT2D eigenvalue weighted by Gasteiger charge is -2.12. The molecule has 0 aliphatic carbocycles. The number of methoxy groups -OCH3 is 2. The molecule has 2 aromatic heterocycles. The fraction of sp³-hybridized carbons (Fsp3) is 0.286. The van der Waals surface area contributed by atoms with Crippen molar-refractivity contribution >= 4 is 28.8 Å². The number of carbonyl (C=O) groups excluding carboxylic acids is 1. The third-order valence-corrected chi connectivity index (χ3v) is 7.28. The van der Waals surface area contributed by atoms with Crippen molar-refractivity contribution in [3.63, 3.8) is 0 Å². The highest BCUT2D eigenvalue weighted by Crippen LogP contribution is 2.34. The zero-order valence-electron chi connectivity index (χ0n) is 20.7. The highest BCUT2D eigenvalue weighted by atomic mass is 35.5. The average molecular weight is 524 g/mol. The first kappa shape index (κ1) is 25.9. The molecular formula is C28H30ClN3O3S. The van der Waals surface area contributed by atoms with Crippen LogP contribution in [0.25, 0.3) is 22.0 Å². The summed E-state index contributed by atoms with van der Waals surface area (Å²) in [5.41, 5.74) is 5.40. The van der Waals surface area contributed by atoms with Gasteiger partial charge >= 0.3 is 0 Å². The highest BCUT2D eigenvalue weighted by molar-refractivity contribution is 7.13. The van der Waals surface area contributed by atoms with Crippen molar-refractivity contribution in [3.05, 3.63) is 81.8 Å². The van der Waals surface area contributed by atoms with Crippen molar-refractivity contribution in [1.29, 1.82) is 0 Å². The Hall–Kier alpha value is -3.13. The third-order valence-electron chi connectivity index (χ3n) is 6.08. The normalized spacial score (nSPS) is 11.0. The van der Waals surface area contributed by atoms with Crippen LogP contribution in [0.3, 0.4) is 0 Å². The molecular weight excluding hydrogens is 494 g/mol. The summed E-state index contributed by atoms with van der Waals surface area (Å²) >= 11 is 7.96. The van der Waals surface area contributed by atoms with Crippen LogP contribution < -0.4 is 10.1 Å². The minimum Gasteiger partial charge on any atom is -0.497 e. The molecule has 0 aliphatic rings. The van der Waals surface area contributed by atoms with E-state index < -0.39 is 0 Å². The van der Waals surface area contributed by atoms with Crippen LogP contribution in [-0.2, 0) is 17.7 Å². The first-order valence-corrected chi connectivity index (χ1v) is 13.1. The van der Waals surface area contributed by atoms with E-state index in [1.165, 1.54) is 5.56 Å². The van der Waals surface area contributed by atoms with E-state index in [9.17, 15) is 4.79 Å². The maximum absolute atomic E-state index is 13.0. The Morgan fingerprint density at radius 1 is 1.14 bits per heavy atom. The molecule has 36 heavy (non-hydrogen) atoms. The summed E-state index contributed by atoms with van der Waals surface area (Å²) in [6.07, 6.45) is 1.57. The molecule has 2 aromatic carbocycles. The molecule has 1 amide bonds. The number of halogens is 1. The Labute approximate surface area is 220 Å². The van der Waals surface area contributed by atoms with E-state index in [1.54, 1.807) is 25.6 Å². The smallest absolute Gasteiger partial charge is 0.253 e. The molecule has 0 unspecified atom stereocenters. The molecule has 0 saturated heterocycles. The van der Waals surface area contributed by atoms with Gasteiger partial charge in [0.25, 0.3) is 5.91 Å². The number of rotatable bonds is 11. The number of ether oxygens (including phenoxy) is 2. The van der Waals surface area contributed by atoms with Gasteiger partial charge in [-0.3, -0.25) is 4.79 Å². The second kappa shape index (κ2) is 12.2. The van der Waals surface area contributed by atoms with E-state index in [0.717, 1.165) is 46.2 Å². The molecule has 8 heteroatoms. The molecule has 0 bridgehead atoms. The standard InChI is InChI=1S/C28H30ClN3O3S/c1-19-23(27(33)30-14-6-16-34-2)17-26(32(19)15-13-20-9-11-21(35-3)12-10-20)25-18-36-28(31-25)22-7-4-5-8-24(22)29/h4-5,7-12,17-18H,6,13-16H2,1-3H3,(H,30,33). The van der Waals surface area contributed by atoms with E-state index in [0.29, 0.717) is 30.3 Å². The molecule has 188 valence electrons. The van der Waals surface area contributed by atoms with Gasteiger partial charge < -0.3 is 19.4 Å². The predicted octanol–water partition coefficient (Wildman–Crippen LogP) is 6.26. The summed E-state index contributed by atoms with van der Waals surface area (Å²) in [5.74, 6) is 0.744. The summed E-state index contributed by atoms with van der Waals surface area (Å²) < 4.78 is 12.5. The number of hydrogen-bond acceptors (Lipinski definition) is 5. The summed E-state index contributed by atoms with van der Waals surface area (Å²) in [5, 5.41) is 6.55. The SMILES string of the molecule is COCCCNC(=O)c1cc(-c2csc(-c3ccccc3Cl)n2)n(CCc2ccc(OC)cc2)c1C. The Balaban J connectivity index is 1.64. The lowest BCUT2D eigenvalue weighted by atomic mass is 10.1. The number of aromatic nitrogens is 2. The van der Waals surface area contributed by atoms with Gasteiger partial charge in [-0.1, -0.05) is 41.9 Å². The van der Waals surface area contributed by atoms with Crippen LogP contribution >= 0.6 is 22.9 Å². The summed E-state index contributed by atoms with van der Waals surface area (Å²) in [6.45, 7) is 3.87. The number of nitrogens with one attached hydrogen (secondary N) is 1. The first-order chi connectivity index (χ1) is 17.5. The summed E-state index contributed by atoms with van der Waals surface area (Å²) in [6, 6.07) is 17.7. The number of amides is 1. The number of nitrogens with zero attached hydrogens (tertiary/aromatic N) is 2. The van der Waals surface area contributed by atoms with E-state index in [2.05, 4.69) is 22.0 Å². The largest absolute Gasteiger partial charge is 0.497 e. The number of aryl methyl sites for hydroxylation is 1. The highest BCUT2D eigenvalue weighted by Gasteiger charge is 2.20. The molecule has 1 N–H and O–H groups in total. The number of benzene rings is 2. The van der Waals surface area contributed by atoms with Crippen molar-refractivity contribution in [1.82, 2.24) is 14.9 Å².